The third-order valence-corrected chi connectivity index (χ3v) is 7.03. The number of nitrogens with one attached hydrogen (secondary N) is 1. The Morgan fingerprint density at radius 3 is 2.27 bits per heavy atom. The van der Waals surface area contributed by atoms with E-state index in [1.165, 1.54) is 37.1 Å². The summed E-state index contributed by atoms with van der Waals surface area (Å²) in [4.78, 5) is 39.3. The number of hydrogen-bond acceptors (Lipinski definition) is 7. The van der Waals surface area contributed by atoms with Gasteiger partial charge in [-0.2, -0.15) is 0 Å². The summed E-state index contributed by atoms with van der Waals surface area (Å²) in [5, 5.41) is 13.7. The molecule has 3 rings (SSSR count). The lowest BCUT2D eigenvalue weighted by Gasteiger charge is -2.30. The molecule has 0 spiro atoms. The van der Waals surface area contributed by atoms with Crippen LogP contribution < -0.4 is 19.7 Å². The third kappa shape index (κ3) is 8.71. The summed E-state index contributed by atoms with van der Waals surface area (Å²) in [7, 11) is 0. The number of carbonyl (C=O) groups is 3. The number of aromatic hydroxyl groups is 1. The molecule has 0 saturated heterocycles. The van der Waals surface area contributed by atoms with Gasteiger partial charge in [0.05, 0.1) is 16.9 Å². The van der Waals surface area contributed by atoms with E-state index >= 15 is 0 Å². The van der Waals surface area contributed by atoms with Crippen LogP contribution in [0.1, 0.15) is 90.9 Å². The van der Waals surface area contributed by atoms with Crippen molar-refractivity contribution < 1.29 is 29.0 Å². The Morgan fingerprint density at radius 1 is 0.927 bits per heavy atom. The average Bonchev–Trinajstić information content (AvgIpc) is 2.97. The van der Waals surface area contributed by atoms with Gasteiger partial charge in [-0.15, -0.1) is 0 Å². The SMILES string of the molecule is CC(=O)Oc1cccc2c1Nc1c(OC(C)=O)cc(O)cc1N(CCC(C)(C)CC/C=C(\C)CCC=C(C)C)C2=O. The number of esters is 2. The molecule has 1 aliphatic rings. The standard InChI is InChI=1S/C33H42N2O6/c1-21(2)11-8-12-22(3)13-10-16-33(6,7)17-18-35-27-19-25(38)20-29(41-24(5)37)31(27)34-30-26(32(35)39)14-9-15-28(30)40-23(4)36/h9,11,13-15,19-20,34,38H,8,10,12,16-18H2,1-7H3/b22-13+. The minimum absolute atomic E-state index is 0.0590. The molecule has 1 heterocycles. The zero-order valence-electron chi connectivity index (χ0n) is 25.2. The highest BCUT2D eigenvalue weighted by atomic mass is 16.5. The van der Waals surface area contributed by atoms with Crippen LogP contribution in [0.2, 0.25) is 0 Å². The Balaban J connectivity index is 1.92. The number of phenols is 1. The second-order valence-corrected chi connectivity index (χ2v) is 11.6. The number of para-hydroxylation sites is 1. The monoisotopic (exact) mass is 562 g/mol. The van der Waals surface area contributed by atoms with Crippen LogP contribution in [0.5, 0.6) is 17.2 Å². The molecule has 0 aliphatic carbocycles. The predicted octanol–water partition coefficient (Wildman–Crippen LogP) is 7.84. The molecule has 2 aromatic rings. The van der Waals surface area contributed by atoms with Crippen LogP contribution in [-0.4, -0.2) is 29.5 Å². The van der Waals surface area contributed by atoms with Crippen molar-refractivity contribution in [3.63, 3.8) is 0 Å². The Labute approximate surface area is 243 Å². The van der Waals surface area contributed by atoms with E-state index in [-0.39, 0.29) is 34.3 Å². The molecule has 0 saturated carbocycles. The number of nitrogens with zero attached hydrogens (tertiary/aromatic N) is 1. The molecule has 8 nitrogen and oxygen atoms in total. The number of anilines is 3. The van der Waals surface area contributed by atoms with E-state index in [2.05, 4.69) is 52.1 Å². The van der Waals surface area contributed by atoms with Crippen molar-refractivity contribution in [3.05, 3.63) is 59.2 Å². The molecule has 1 amide bonds. The Kier molecular flexibility index (Phi) is 10.4. The quantitative estimate of drug-likeness (QED) is 0.124. The summed E-state index contributed by atoms with van der Waals surface area (Å²) in [6, 6.07) is 7.66. The molecule has 8 heteroatoms. The second-order valence-electron chi connectivity index (χ2n) is 11.6. The van der Waals surface area contributed by atoms with Crippen molar-refractivity contribution >= 4 is 34.9 Å². The Morgan fingerprint density at radius 2 is 1.61 bits per heavy atom. The van der Waals surface area contributed by atoms with Crippen molar-refractivity contribution in [3.8, 4) is 17.2 Å². The van der Waals surface area contributed by atoms with E-state index < -0.39 is 11.9 Å². The number of allylic oxidation sites excluding steroid dienone is 4. The fourth-order valence-corrected chi connectivity index (χ4v) is 4.78. The van der Waals surface area contributed by atoms with E-state index in [0.717, 1.165) is 25.7 Å². The van der Waals surface area contributed by atoms with Crippen molar-refractivity contribution in [2.75, 3.05) is 16.8 Å². The molecular weight excluding hydrogens is 520 g/mol. The van der Waals surface area contributed by atoms with Crippen molar-refractivity contribution in [1.29, 1.82) is 0 Å². The first-order valence-corrected chi connectivity index (χ1v) is 14.0. The van der Waals surface area contributed by atoms with Crippen LogP contribution in [0.4, 0.5) is 17.1 Å². The van der Waals surface area contributed by atoms with Gasteiger partial charge in [0, 0.05) is 32.5 Å². The van der Waals surface area contributed by atoms with E-state index in [4.69, 9.17) is 9.47 Å². The van der Waals surface area contributed by atoms with Crippen LogP contribution in [0, 0.1) is 5.41 Å². The van der Waals surface area contributed by atoms with Gasteiger partial charge < -0.3 is 24.8 Å². The molecule has 0 radical (unpaired) electrons. The van der Waals surface area contributed by atoms with E-state index in [1.54, 1.807) is 23.1 Å². The topological polar surface area (TPSA) is 105 Å². The number of ether oxygens (including phenoxy) is 2. The molecule has 41 heavy (non-hydrogen) atoms. The zero-order chi connectivity index (χ0) is 30.3. The first-order chi connectivity index (χ1) is 19.3. The first kappa shape index (κ1) is 31.5. The summed E-state index contributed by atoms with van der Waals surface area (Å²) in [6.45, 7) is 13.6. The molecule has 1 aliphatic heterocycles. The summed E-state index contributed by atoms with van der Waals surface area (Å²) < 4.78 is 10.8. The van der Waals surface area contributed by atoms with Crippen LogP contribution in [-0.2, 0) is 9.59 Å². The number of fused-ring (bicyclic) bond motifs is 2. The van der Waals surface area contributed by atoms with Crippen molar-refractivity contribution in [2.24, 2.45) is 5.41 Å². The number of amides is 1. The van der Waals surface area contributed by atoms with Gasteiger partial charge in [0.25, 0.3) is 5.91 Å². The van der Waals surface area contributed by atoms with Gasteiger partial charge in [-0.25, -0.2) is 0 Å². The molecular formula is C33H42N2O6. The lowest BCUT2D eigenvalue weighted by molar-refractivity contribution is -0.132. The number of rotatable bonds is 11. The van der Waals surface area contributed by atoms with Gasteiger partial charge >= 0.3 is 11.9 Å². The number of hydrogen-bond donors (Lipinski definition) is 2. The van der Waals surface area contributed by atoms with E-state index in [0.29, 0.717) is 29.9 Å². The highest BCUT2D eigenvalue weighted by molar-refractivity contribution is 6.15. The maximum Gasteiger partial charge on any atom is 0.308 e. The predicted molar refractivity (Wildman–Crippen MR) is 162 cm³/mol. The van der Waals surface area contributed by atoms with Gasteiger partial charge in [0.15, 0.2) is 11.5 Å². The van der Waals surface area contributed by atoms with Gasteiger partial charge in [0.2, 0.25) is 0 Å². The number of benzene rings is 2. The fraction of sp³-hybridized carbons (Fsp3) is 0.424. The fourth-order valence-electron chi connectivity index (χ4n) is 4.78. The Bertz CT molecular complexity index is 1370. The van der Waals surface area contributed by atoms with Crippen LogP contribution >= 0.6 is 0 Å². The summed E-state index contributed by atoms with van der Waals surface area (Å²) >= 11 is 0. The van der Waals surface area contributed by atoms with E-state index in [9.17, 15) is 19.5 Å². The van der Waals surface area contributed by atoms with Crippen LogP contribution in [0.15, 0.2) is 53.6 Å². The maximum absolute atomic E-state index is 14.0. The minimum Gasteiger partial charge on any atom is -0.508 e. The second kappa shape index (κ2) is 13.5. The maximum atomic E-state index is 14.0. The lowest BCUT2D eigenvalue weighted by Crippen LogP contribution is -2.34. The smallest absolute Gasteiger partial charge is 0.308 e. The molecule has 0 unspecified atom stereocenters. The zero-order valence-corrected chi connectivity index (χ0v) is 25.2. The Hall–Kier alpha value is -4.07. The summed E-state index contributed by atoms with van der Waals surface area (Å²) in [5.74, 6) is -1.37. The molecule has 0 fully saturated rings. The molecule has 220 valence electrons. The molecule has 0 bridgehead atoms. The molecule has 2 aromatic carbocycles. The summed E-state index contributed by atoms with van der Waals surface area (Å²) in [5.41, 5.74) is 3.87. The van der Waals surface area contributed by atoms with Gasteiger partial charge in [0.1, 0.15) is 11.4 Å². The van der Waals surface area contributed by atoms with Gasteiger partial charge in [-0.1, -0.05) is 43.2 Å². The number of phenolic OH excluding ortho intramolecular Hbond substituents is 1. The van der Waals surface area contributed by atoms with E-state index in [1.807, 2.05) is 0 Å². The minimum atomic E-state index is -0.583. The normalized spacial score (nSPS) is 13.0. The van der Waals surface area contributed by atoms with Crippen molar-refractivity contribution in [1.82, 2.24) is 0 Å². The number of carbonyl (C=O) groups excluding carboxylic acids is 3. The molecule has 0 aromatic heterocycles. The summed E-state index contributed by atoms with van der Waals surface area (Å²) in [6.07, 6.45) is 9.19. The first-order valence-electron chi connectivity index (χ1n) is 14.0. The highest BCUT2D eigenvalue weighted by Gasteiger charge is 2.33. The van der Waals surface area contributed by atoms with Gasteiger partial charge in [-0.05, 0) is 70.4 Å². The molecule has 0 atom stereocenters. The van der Waals surface area contributed by atoms with Crippen LogP contribution in [0.25, 0.3) is 0 Å². The molecule has 2 N–H and O–H groups in total. The third-order valence-electron chi connectivity index (χ3n) is 7.03. The lowest BCUT2D eigenvalue weighted by atomic mass is 9.83. The van der Waals surface area contributed by atoms with Crippen LogP contribution in [0.3, 0.4) is 0 Å². The highest BCUT2D eigenvalue weighted by Crippen LogP contribution is 2.47. The average molecular weight is 563 g/mol. The van der Waals surface area contributed by atoms with Crippen molar-refractivity contribution in [2.45, 2.75) is 80.6 Å². The largest absolute Gasteiger partial charge is 0.508 e. The van der Waals surface area contributed by atoms with Gasteiger partial charge in [-0.3, -0.25) is 14.4 Å².